The van der Waals surface area contributed by atoms with Gasteiger partial charge in [-0.3, -0.25) is 4.90 Å². The Kier molecular flexibility index (Phi) is 6.12. The molecule has 0 radical (unpaired) electrons. The molecule has 0 aliphatic rings. The summed E-state index contributed by atoms with van der Waals surface area (Å²) in [6, 6.07) is 20.3. The second kappa shape index (κ2) is 8.55. The van der Waals surface area contributed by atoms with Crippen LogP contribution in [0.2, 0.25) is 10.0 Å². The summed E-state index contributed by atoms with van der Waals surface area (Å²) < 4.78 is 0. The molecule has 0 atom stereocenters. The maximum Gasteiger partial charge on any atom is 0.411 e. The van der Waals surface area contributed by atoms with Crippen molar-refractivity contribution in [1.29, 1.82) is 0 Å². The van der Waals surface area contributed by atoms with Crippen LogP contribution in [0.1, 0.15) is 29.5 Å². The zero-order valence-electron chi connectivity index (χ0n) is 15.3. The highest BCUT2D eigenvalue weighted by Crippen LogP contribution is 2.39. The summed E-state index contributed by atoms with van der Waals surface area (Å²) in [5.74, 6) is -0.235. The van der Waals surface area contributed by atoms with Gasteiger partial charge in [0.25, 0.3) is 0 Å². The van der Waals surface area contributed by atoms with Crippen molar-refractivity contribution in [2.24, 2.45) is 0 Å². The summed E-state index contributed by atoms with van der Waals surface area (Å²) >= 11 is 12.2. The molecule has 0 saturated heterocycles. The summed E-state index contributed by atoms with van der Waals surface area (Å²) in [4.78, 5) is 13.1. The van der Waals surface area contributed by atoms with Crippen LogP contribution >= 0.6 is 23.2 Å². The van der Waals surface area contributed by atoms with Crippen LogP contribution < -0.4 is 10.6 Å². The Balaban J connectivity index is 2.26. The van der Waals surface area contributed by atoms with Crippen LogP contribution in [-0.2, 0) is 0 Å². The van der Waals surface area contributed by atoms with E-state index in [2.05, 4.69) is 0 Å². The van der Waals surface area contributed by atoms with Crippen molar-refractivity contribution < 1.29 is 9.90 Å². The first-order valence-corrected chi connectivity index (χ1v) is 9.57. The van der Waals surface area contributed by atoms with Crippen molar-refractivity contribution in [3.05, 3.63) is 93.5 Å². The lowest BCUT2D eigenvalue weighted by Gasteiger charge is -2.27. The van der Waals surface area contributed by atoms with Gasteiger partial charge in [0.2, 0.25) is 0 Å². The lowest BCUT2D eigenvalue weighted by atomic mass is 9.84. The minimum atomic E-state index is -1.01. The fraction of sp³-hybridized carbons (Fsp3) is 0.136. The Morgan fingerprint density at radius 3 is 1.89 bits per heavy atom. The molecule has 3 rings (SSSR count). The van der Waals surface area contributed by atoms with Crippen molar-refractivity contribution in [3.8, 4) is 0 Å². The summed E-state index contributed by atoms with van der Waals surface area (Å²) in [6.45, 7) is 2.12. The van der Waals surface area contributed by atoms with E-state index < -0.39 is 6.09 Å². The Labute approximate surface area is 174 Å². The van der Waals surface area contributed by atoms with Gasteiger partial charge in [-0.2, -0.15) is 0 Å². The third-order valence-corrected chi connectivity index (χ3v) is 5.11. The molecule has 0 fully saturated rings. The quantitative estimate of drug-likeness (QED) is 0.382. The predicted molar refractivity (Wildman–Crippen MR) is 116 cm³/mol. The largest absolute Gasteiger partial charge is 0.465 e. The highest BCUT2D eigenvalue weighted by atomic mass is 35.5. The smallest absolute Gasteiger partial charge is 0.411 e. The van der Waals surface area contributed by atoms with Crippen LogP contribution in [0, 0.1) is 0 Å². The lowest BCUT2D eigenvalue weighted by Crippen LogP contribution is -2.30. The van der Waals surface area contributed by atoms with Gasteiger partial charge in [-0.1, -0.05) is 47.5 Å². The predicted octanol–water partition coefficient (Wildman–Crippen LogP) is 6.26. The van der Waals surface area contributed by atoms with Crippen LogP contribution in [0.3, 0.4) is 0 Å². The molecule has 1 amide bonds. The fourth-order valence-corrected chi connectivity index (χ4v) is 3.57. The van der Waals surface area contributed by atoms with Crippen molar-refractivity contribution in [2.75, 3.05) is 17.2 Å². The molecule has 0 aromatic heterocycles. The monoisotopic (exact) mass is 414 g/mol. The standard InChI is InChI=1S/C22H20Cl2N2O2/c1-2-26(22(27)28)20-12-11-18(25)13-19(20)21(14-3-7-16(23)8-4-14)15-5-9-17(24)10-6-15/h3-13,21H,2,25H2,1H3,(H,27,28). The van der Waals surface area contributed by atoms with Gasteiger partial charge < -0.3 is 10.8 Å². The van der Waals surface area contributed by atoms with Gasteiger partial charge in [0, 0.05) is 28.2 Å². The van der Waals surface area contributed by atoms with Crippen molar-refractivity contribution in [2.45, 2.75) is 12.8 Å². The fourth-order valence-electron chi connectivity index (χ4n) is 3.32. The number of nitrogen functional groups attached to an aromatic ring is 1. The molecule has 3 aromatic rings. The Bertz CT molecular complexity index is 927. The number of hydrogen-bond donors (Lipinski definition) is 2. The summed E-state index contributed by atoms with van der Waals surface area (Å²) in [5, 5.41) is 10.9. The second-order valence-electron chi connectivity index (χ2n) is 6.38. The zero-order chi connectivity index (χ0) is 20.3. The maximum absolute atomic E-state index is 11.8. The lowest BCUT2D eigenvalue weighted by molar-refractivity contribution is 0.202. The van der Waals surface area contributed by atoms with Crippen LogP contribution in [0.4, 0.5) is 16.2 Å². The molecule has 0 aliphatic heterocycles. The molecule has 0 spiro atoms. The molecule has 144 valence electrons. The highest BCUT2D eigenvalue weighted by Gasteiger charge is 2.24. The Morgan fingerprint density at radius 1 is 0.964 bits per heavy atom. The van der Waals surface area contributed by atoms with Gasteiger partial charge in [0.1, 0.15) is 0 Å². The van der Waals surface area contributed by atoms with E-state index in [1.165, 1.54) is 4.90 Å². The normalized spacial score (nSPS) is 10.9. The third-order valence-electron chi connectivity index (χ3n) is 4.61. The minimum absolute atomic E-state index is 0.235. The van der Waals surface area contributed by atoms with E-state index in [9.17, 15) is 9.90 Å². The number of halogens is 2. The maximum atomic E-state index is 11.8. The van der Waals surface area contributed by atoms with Crippen LogP contribution in [0.5, 0.6) is 0 Å². The molecule has 3 N–H and O–H groups in total. The van der Waals surface area contributed by atoms with E-state index in [-0.39, 0.29) is 5.92 Å². The molecule has 0 aliphatic carbocycles. The first-order chi connectivity index (χ1) is 13.4. The Morgan fingerprint density at radius 2 is 1.46 bits per heavy atom. The number of benzene rings is 3. The topological polar surface area (TPSA) is 66.6 Å². The van der Waals surface area contributed by atoms with Crippen LogP contribution in [-0.4, -0.2) is 17.7 Å². The molecule has 0 unspecified atom stereocenters. The first-order valence-electron chi connectivity index (χ1n) is 8.81. The van der Waals surface area contributed by atoms with E-state index in [1.54, 1.807) is 19.1 Å². The molecular formula is C22H20Cl2N2O2. The highest BCUT2D eigenvalue weighted by molar-refractivity contribution is 6.30. The number of nitrogens with zero attached hydrogens (tertiary/aromatic N) is 1. The Hall–Kier alpha value is -2.69. The van der Waals surface area contributed by atoms with Gasteiger partial charge in [-0.25, -0.2) is 4.79 Å². The molecule has 0 bridgehead atoms. The van der Waals surface area contributed by atoms with Gasteiger partial charge >= 0.3 is 6.09 Å². The van der Waals surface area contributed by atoms with Gasteiger partial charge in [0.05, 0.1) is 5.69 Å². The van der Waals surface area contributed by atoms with E-state index in [0.717, 1.165) is 16.7 Å². The average molecular weight is 415 g/mol. The van der Waals surface area contributed by atoms with Crippen molar-refractivity contribution in [3.63, 3.8) is 0 Å². The zero-order valence-corrected chi connectivity index (χ0v) is 16.8. The molecule has 28 heavy (non-hydrogen) atoms. The van der Waals surface area contributed by atoms with Crippen LogP contribution in [0.15, 0.2) is 66.7 Å². The number of amides is 1. The number of anilines is 2. The van der Waals surface area contributed by atoms with Crippen LogP contribution in [0.25, 0.3) is 0 Å². The van der Waals surface area contributed by atoms with E-state index in [0.29, 0.717) is 28.0 Å². The molecule has 0 heterocycles. The molecule has 3 aromatic carbocycles. The third kappa shape index (κ3) is 4.24. The van der Waals surface area contributed by atoms with E-state index >= 15 is 0 Å². The average Bonchev–Trinajstić information content (AvgIpc) is 2.67. The minimum Gasteiger partial charge on any atom is -0.465 e. The number of carboxylic acid groups (broad SMARTS) is 1. The van der Waals surface area contributed by atoms with E-state index in [4.69, 9.17) is 28.9 Å². The van der Waals surface area contributed by atoms with Gasteiger partial charge in [0.15, 0.2) is 0 Å². The number of rotatable bonds is 5. The van der Waals surface area contributed by atoms with E-state index in [1.807, 2.05) is 54.6 Å². The van der Waals surface area contributed by atoms with Crippen molar-refractivity contribution in [1.82, 2.24) is 0 Å². The number of nitrogens with two attached hydrogens (primary N) is 1. The SMILES string of the molecule is CCN(C(=O)O)c1ccc(N)cc1C(c1ccc(Cl)cc1)c1ccc(Cl)cc1. The summed E-state index contributed by atoms with van der Waals surface area (Å²) in [7, 11) is 0. The second-order valence-corrected chi connectivity index (χ2v) is 7.25. The summed E-state index contributed by atoms with van der Waals surface area (Å²) in [5.41, 5.74) is 9.98. The first kappa shape index (κ1) is 20.1. The molecular weight excluding hydrogens is 395 g/mol. The van der Waals surface area contributed by atoms with Gasteiger partial charge in [-0.05, 0) is 66.1 Å². The molecule has 4 nitrogen and oxygen atoms in total. The molecule has 0 saturated carbocycles. The van der Waals surface area contributed by atoms with Crippen molar-refractivity contribution >= 4 is 40.7 Å². The number of carbonyl (C=O) groups is 1. The molecule has 6 heteroatoms. The number of hydrogen-bond acceptors (Lipinski definition) is 2. The summed E-state index contributed by atoms with van der Waals surface area (Å²) in [6.07, 6.45) is -1.01. The van der Waals surface area contributed by atoms with Gasteiger partial charge in [-0.15, -0.1) is 0 Å².